The second-order valence-electron chi connectivity index (χ2n) is 6.23. The van der Waals surface area contributed by atoms with Crippen molar-refractivity contribution >= 4 is 18.3 Å². The number of likely N-dealkylation sites (N-methyl/N-ethyl adjacent to an activating group) is 1. The van der Waals surface area contributed by atoms with E-state index in [9.17, 15) is 4.79 Å². The van der Waals surface area contributed by atoms with Crippen LogP contribution in [0, 0.1) is 17.8 Å². The number of hydrogen-bond acceptors (Lipinski definition) is 2. The van der Waals surface area contributed by atoms with Crippen LogP contribution in [-0.2, 0) is 4.79 Å². The minimum absolute atomic E-state index is 0. The zero-order valence-electron chi connectivity index (χ0n) is 13.4. The van der Waals surface area contributed by atoms with Crippen LogP contribution in [0.15, 0.2) is 0 Å². The Balaban J connectivity index is 0.00000361. The average molecular weight is 305 g/mol. The molecule has 0 bridgehead atoms. The number of halogens is 1. The van der Waals surface area contributed by atoms with Crippen LogP contribution in [0.4, 0.5) is 0 Å². The molecular weight excluding hydrogens is 272 g/mol. The van der Waals surface area contributed by atoms with Gasteiger partial charge in [-0.3, -0.25) is 4.79 Å². The summed E-state index contributed by atoms with van der Waals surface area (Å²) in [7, 11) is 0. The molecule has 0 spiro atoms. The van der Waals surface area contributed by atoms with Gasteiger partial charge in [0.15, 0.2) is 0 Å². The average Bonchev–Trinajstić information content (AvgIpc) is 2.41. The van der Waals surface area contributed by atoms with Crippen molar-refractivity contribution in [2.75, 3.05) is 19.6 Å². The van der Waals surface area contributed by atoms with Gasteiger partial charge in [-0.2, -0.15) is 0 Å². The molecule has 3 nitrogen and oxygen atoms in total. The number of carbonyl (C=O) groups excluding carboxylic acids is 1. The first-order chi connectivity index (χ1) is 9.15. The summed E-state index contributed by atoms with van der Waals surface area (Å²) in [6.07, 6.45) is 7.85. The third kappa shape index (κ3) is 7.49. The van der Waals surface area contributed by atoms with Gasteiger partial charge in [-0.25, -0.2) is 0 Å². The lowest BCUT2D eigenvalue weighted by atomic mass is 9.79. The van der Waals surface area contributed by atoms with E-state index in [1.165, 1.54) is 32.1 Å². The summed E-state index contributed by atoms with van der Waals surface area (Å²) in [4.78, 5) is 12.3. The van der Waals surface area contributed by atoms with Crippen molar-refractivity contribution in [3.05, 3.63) is 0 Å². The van der Waals surface area contributed by atoms with E-state index in [-0.39, 0.29) is 24.2 Å². The third-order valence-electron chi connectivity index (χ3n) is 4.30. The highest BCUT2D eigenvalue weighted by molar-refractivity contribution is 5.85. The van der Waals surface area contributed by atoms with Gasteiger partial charge >= 0.3 is 0 Å². The molecule has 0 aliphatic heterocycles. The molecule has 1 fully saturated rings. The Bertz CT molecular complexity index is 253. The summed E-state index contributed by atoms with van der Waals surface area (Å²) in [6.45, 7) is 9.03. The summed E-state index contributed by atoms with van der Waals surface area (Å²) in [5.74, 6) is 1.69. The lowest BCUT2D eigenvalue weighted by Gasteiger charge is -2.28. The normalized spacial score (nSPS) is 17.6. The SMILES string of the molecule is CCNCCNC(=O)C(CC1CCCCC1)C(C)C.Cl. The minimum Gasteiger partial charge on any atom is -0.355 e. The molecule has 1 aliphatic carbocycles. The fraction of sp³-hybridized carbons (Fsp3) is 0.938. The van der Waals surface area contributed by atoms with E-state index in [1.807, 2.05) is 0 Å². The first-order valence-corrected chi connectivity index (χ1v) is 8.13. The zero-order chi connectivity index (χ0) is 14.1. The van der Waals surface area contributed by atoms with Crippen LogP contribution < -0.4 is 10.6 Å². The van der Waals surface area contributed by atoms with Crippen LogP contribution in [0.2, 0.25) is 0 Å². The predicted molar refractivity (Wildman–Crippen MR) is 88.3 cm³/mol. The third-order valence-corrected chi connectivity index (χ3v) is 4.30. The van der Waals surface area contributed by atoms with E-state index in [0.29, 0.717) is 5.92 Å². The van der Waals surface area contributed by atoms with Gasteiger partial charge in [-0.15, -0.1) is 12.4 Å². The maximum atomic E-state index is 12.3. The summed E-state index contributed by atoms with van der Waals surface area (Å²) < 4.78 is 0. The van der Waals surface area contributed by atoms with E-state index in [0.717, 1.165) is 32.0 Å². The molecule has 1 aliphatic rings. The molecular formula is C16H33ClN2O. The second kappa shape index (κ2) is 11.4. The van der Waals surface area contributed by atoms with Crippen molar-refractivity contribution in [3.8, 4) is 0 Å². The topological polar surface area (TPSA) is 41.1 Å². The van der Waals surface area contributed by atoms with Gasteiger partial charge in [0, 0.05) is 19.0 Å². The van der Waals surface area contributed by atoms with Crippen LogP contribution in [0.3, 0.4) is 0 Å². The molecule has 1 saturated carbocycles. The molecule has 0 heterocycles. The molecule has 0 saturated heterocycles. The quantitative estimate of drug-likeness (QED) is 0.675. The Morgan fingerprint density at radius 3 is 2.35 bits per heavy atom. The molecule has 0 radical (unpaired) electrons. The van der Waals surface area contributed by atoms with E-state index in [1.54, 1.807) is 0 Å². The van der Waals surface area contributed by atoms with Crippen LogP contribution in [0.25, 0.3) is 0 Å². The lowest BCUT2D eigenvalue weighted by molar-refractivity contribution is -0.127. The number of hydrogen-bond donors (Lipinski definition) is 2. The first kappa shape index (κ1) is 19.7. The van der Waals surface area contributed by atoms with Gasteiger partial charge in [0.25, 0.3) is 0 Å². The number of carbonyl (C=O) groups is 1. The van der Waals surface area contributed by atoms with Gasteiger partial charge in [0.2, 0.25) is 5.91 Å². The van der Waals surface area contributed by atoms with Crippen LogP contribution in [-0.4, -0.2) is 25.5 Å². The van der Waals surface area contributed by atoms with E-state index in [2.05, 4.69) is 31.4 Å². The molecule has 0 aromatic rings. The Hall–Kier alpha value is -0.280. The Kier molecular flexibility index (Phi) is 11.2. The van der Waals surface area contributed by atoms with Gasteiger partial charge < -0.3 is 10.6 Å². The zero-order valence-corrected chi connectivity index (χ0v) is 14.2. The van der Waals surface area contributed by atoms with Crippen LogP contribution >= 0.6 is 12.4 Å². The van der Waals surface area contributed by atoms with Crippen molar-refractivity contribution in [3.63, 3.8) is 0 Å². The van der Waals surface area contributed by atoms with E-state index < -0.39 is 0 Å². The molecule has 1 atom stereocenters. The van der Waals surface area contributed by atoms with Gasteiger partial charge in [0.05, 0.1) is 0 Å². The first-order valence-electron chi connectivity index (χ1n) is 8.13. The van der Waals surface area contributed by atoms with Crippen LogP contribution in [0.1, 0.15) is 59.3 Å². The van der Waals surface area contributed by atoms with Crippen molar-refractivity contribution in [2.24, 2.45) is 17.8 Å². The molecule has 1 rings (SSSR count). The highest BCUT2D eigenvalue weighted by atomic mass is 35.5. The number of amides is 1. The Morgan fingerprint density at radius 1 is 1.15 bits per heavy atom. The molecule has 2 N–H and O–H groups in total. The Morgan fingerprint density at radius 2 is 1.80 bits per heavy atom. The molecule has 4 heteroatoms. The summed E-state index contributed by atoms with van der Waals surface area (Å²) in [5.41, 5.74) is 0. The number of rotatable bonds is 8. The Labute approximate surface area is 131 Å². The highest BCUT2D eigenvalue weighted by Crippen LogP contribution is 2.31. The largest absolute Gasteiger partial charge is 0.355 e. The van der Waals surface area contributed by atoms with Gasteiger partial charge in [-0.1, -0.05) is 52.9 Å². The fourth-order valence-corrected chi connectivity index (χ4v) is 3.05. The van der Waals surface area contributed by atoms with Crippen molar-refractivity contribution in [2.45, 2.75) is 59.3 Å². The smallest absolute Gasteiger partial charge is 0.223 e. The predicted octanol–water partition coefficient (Wildman–Crippen LogP) is 3.38. The molecule has 20 heavy (non-hydrogen) atoms. The summed E-state index contributed by atoms with van der Waals surface area (Å²) in [5, 5.41) is 6.33. The molecule has 0 aromatic carbocycles. The van der Waals surface area contributed by atoms with E-state index >= 15 is 0 Å². The molecule has 0 aromatic heterocycles. The highest BCUT2D eigenvalue weighted by Gasteiger charge is 2.26. The number of nitrogens with one attached hydrogen (secondary N) is 2. The lowest BCUT2D eigenvalue weighted by Crippen LogP contribution is -2.38. The minimum atomic E-state index is 0. The molecule has 120 valence electrons. The summed E-state index contributed by atoms with van der Waals surface area (Å²) >= 11 is 0. The van der Waals surface area contributed by atoms with E-state index in [4.69, 9.17) is 0 Å². The molecule has 1 amide bonds. The van der Waals surface area contributed by atoms with Crippen molar-refractivity contribution in [1.29, 1.82) is 0 Å². The van der Waals surface area contributed by atoms with Gasteiger partial charge in [-0.05, 0) is 24.8 Å². The molecule has 1 unspecified atom stereocenters. The fourth-order valence-electron chi connectivity index (χ4n) is 3.05. The monoisotopic (exact) mass is 304 g/mol. The van der Waals surface area contributed by atoms with Crippen LogP contribution in [0.5, 0.6) is 0 Å². The maximum absolute atomic E-state index is 12.3. The second-order valence-corrected chi connectivity index (χ2v) is 6.23. The maximum Gasteiger partial charge on any atom is 0.223 e. The summed E-state index contributed by atoms with van der Waals surface area (Å²) in [6, 6.07) is 0. The standard InChI is InChI=1S/C16H32N2O.ClH/c1-4-17-10-11-18-16(19)15(13(2)3)12-14-8-6-5-7-9-14;/h13-15,17H,4-12H2,1-3H3,(H,18,19);1H. The van der Waals surface area contributed by atoms with Crippen molar-refractivity contribution in [1.82, 2.24) is 10.6 Å². The van der Waals surface area contributed by atoms with Crippen molar-refractivity contribution < 1.29 is 4.79 Å². The van der Waals surface area contributed by atoms with Gasteiger partial charge in [0.1, 0.15) is 0 Å².